The molecule has 27 heteroatoms. The number of aromatic hydroxyl groups is 1. The van der Waals surface area contributed by atoms with Crippen LogP contribution < -0.4 is 60.2 Å². The lowest BCUT2D eigenvalue weighted by Gasteiger charge is -2.31. The summed E-state index contributed by atoms with van der Waals surface area (Å²) in [5.74, 6) is -8.92. The maximum Gasteiger partial charge on any atom is 0.246 e. The number of nitrogens with zero attached hydrogens (tertiary/aromatic N) is 2. The average molecular weight is 1040 g/mol. The van der Waals surface area contributed by atoms with E-state index in [-0.39, 0.29) is 74.8 Å². The predicted molar refractivity (Wildman–Crippen MR) is 265 cm³/mol. The second-order valence-electron chi connectivity index (χ2n) is 17.0. The molecule has 0 spiro atoms. The van der Waals surface area contributed by atoms with Gasteiger partial charge in [-0.1, -0.05) is 64.1 Å². The van der Waals surface area contributed by atoms with Crippen molar-refractivity contribution in [2.75, 3.05) is 31.1 Å². The molecule has 2 saturated heterocycles. The predicted octanol–water partition coefficient (Wildman–Crippen LogP) is -4.23. The van der Waals surface area contributed by atoms with Gasteiger partial charge in [0, 0.05) is 43.9 Å². The number of aliphatic hydroxyl groups is 1. The monoisotopic (exact) mass is 1040 g/mol. The Kier molecular flexibility index (Phi) is 22.9. The summed E-state index contributed by atoms with van der Waals surface area (Å²) in [5.41, 5.74) is 22.7. The van der Waals surface area contributed by atoms with Crippen LogP contribution in [0, 0.1) is 0 Å². The van der Waals surface area contributed by atoms with E-state index in [2.05, 4.69) is 42.2 Å². The van der Waals surface area contributed by atoms with Gasteiger partial charge in [-0.05, 0) is 55.9 Å². The topological polar surface area (TPSA) is 415 Å². The average Bonchev–Trinajstić information content (AvgIpc) is 3.83. The van der Waals surface area contributed by atoms with E-state index in [1.165, 1.54) is 24.0 Å². The Balaban J connectivity index is 1.66. The fourth-order valence-corrected chi connectivity index (χ4v) is 9.75. The number of nitrogens with one attached hydrogen (secondary N) is 7. The number of phenols is 1. The smallest absolute Gasteiger partial charge is 0.246 e. The minimum Gasteiger partial charge on any atom is -0.508 e. The van der Waals surface area contributed by atoms with E-state index < -0.39 is 120 Å². The molecule has 392 valence electrons. The summed E-state index contributed by atoms with van der Waals surface area (Å²) in [6.45, 7) is 0.793. The number of likely N-dealkylation sites (tertiary alicyclic amines) is 1. The minimum absolute atomic E-state index is 0.0193. The van der Waals surface area contributed by atoms with Crippen LogP contribution >= 0.6 is 21.6 Å². The second-order valence-corrected chi connectivity index (χ2v) is 19.6. The molecule has 2 fully saturated rings. The number of primary amides is 2. The standard InChI is InChI=1S/C45H63N13O12S2/c1-24(59)37-43(69)55-31(21-34(46)61)40(66)56-32(44(70)58-17-6-10-33(58)42(68)53-28(9-5-16-50-45(48)49)38(64)51-22-35(47)62)23-72-71-18-15-36(63)52-29(20-26-11-13-27(60)14-12-26)39(65)54-30(41(67)57-37)19-25-7-3-2-4-8-25/h2-4,7-8,11-14,24,28-33,37,59-60H,5-6,9-10,15-23H2,1H3,(H2,46,61)(H2,47,62)(H,51,64)(H,52,63)(H,53,68)(H,54,65)(H,55,69)(H,56,66)(H,57,67)(H4,48,49,50)/t24?,28-,29-,30+,31+,32+,33+,37?/m0/s1. The van der Waals surface area contributed by atoms with E-state index in [9.17, 15) is 58.2 Å². The lowest BCUT2D eigenvalue weighted by Crippen LogP contribution is -2.62. The zero-order chi connectivity index (χ0) is 52.9. The first-order valence-corrected chi connectivity index (χ1v) is 25.5. The summed E-state index contributed by atoms with van der Waals surface area (Å²) in [5, 5.41) is 38.4. The number of nitrogens with two attached hydrogens (primary N) is 4. The highest BCUT2D eigenvalue weighted by Crippen LogP contribution is 2.26. The first-order chi connectivity index (χ1) is 34.2. The van der Waals surface area contributed by atoms with Gasteiger partial charge in [0.15, 0.2) is 5.96 Å². The van der Waals surface area contributed by atoms with E-state index in [0.717, 1.165) is 21.6 Å². The van der Waals surface area contributed by atoms with E-state index in [1.54, 1.807) is 42.5 Å². The number of aliphatic imine (C=N–C) groups is 1. The Morgan fingerprint density at radius 2 is 1.42 bits per heavy atom. The molecule has 10 amide bonds. The zero-order valence-corrected chi connectivity index (χ0v) is 41.1. The Hall–Kier alpha value is -7.13. The molecule has 0 radical (unpaired) electrons. The van der Waals surface area contributed by atoms with E-state index in [4.69, 9.17) is 22.9 Å². The number of carbonyl (C=O) groups excluding carboxylic acids is 10. The molecule has 4 rings (SSSR count). The van der Waals surface area contributed by atoms with Gasteiger partial charge in [0.1, 0.15) is 48.0 Å². The van der Waals surface area contributed by atoms with Crippen molar-refractivity contribution in [3.63, 3.8) is 0 Å². The molecule has 8 atom stereocenters. The van der Waals surface area contributed by atoms with Gasteiger partial charge in [-0.25, -0.2) is 0 Å². The molecule has 0 aromatic heterocycles. The third kappa shape index (κ3) is 18.9. The number of hydrogen-bond acceptors (Lipinski definition) is 15. The van der Waals surface area contributed by atoms with Crippen LogP contribution in [0.5, 0.6) is 5.75 Å². The van der Waals surface area contributed by atoms with Gasteiger partial charge in [-0.2, -0.15) is 0 Å². The molecule has 2 heterocycles. The van der Waals surface area contributed by atoms with Crippen molar-refractivity contribution < 1.29 is 58.2 Å². The summed E-state index contributed by atoms with van der Waals surface area (Å²) in [4.78, 5) is 140. The fraction of sp³-hybridized carbons (Fsp3) is 0.489. The number of benzene rings is 2. The molecule has 2 aromatic carbocycles. The molecule has 72 heavy (non-hydrogen) atoms. The Morgan fingerprint density at radius 3 is 2.06 bits per heavy atom. The molecular weight excluding hydrogens is 979 g/mol. The molecular formula is C45H63N13O12S2. The lowest BCUT2D eigenvalue weighted by atomic mass is 10.0. The molecule has 2 unspecified atom stereocenters. The molecule has 0 saturated carbocycles. The van der Waals surface area contributed by atoms with Gasteiger partial charge in [-0.3, -0.25) is 52.9 Å². The maximum atomic E-state index is 14.5. The second kappa shape index (κ2) is 28.7. The molecule has 0 aliphatic carbocycles. The molecule has 25 nitrogen and oxygen atoms in total. The highest BCUT2D eigenvalue weighted by Gasteiger charge is 2.41. The van der Waals surface area contributed by atoms with Crippen molar-refractivity contribution >= 4 is 86.6 Å². The maximum absolute atomic E-state index is 14.5. The first-order valence-electron chi connectivity index (χ1n) is 23.0. The van der Waals surface area contributed by atoms with Crippen molar-refractivity contribution in [2.24, 2.45) is 27.9 Å². The van der Waals surface area contributed by atoms with Crippen molar-refractivity contribution in [2.45, 2.75) is 107 Å². The Bertz CT molecular complexity index is 2290. The minimum atomic E-state index is -1.80. The van der Waals surface area contributed by atoms with Crippen LogP contribution in [0.1, 0.15) is 56.6 Å². The van der Waals surface area contributed by atoms with E-state index >= 15 is 0 Å². The van der Waals surface area contributed by atoms with Gasteiger partial charge in [0.05, 0.1) is 19.1 Å². The van der Waals surface area contributed by atoms with Crippen LogP contribution in [0.15, 0.2) is 59.6 Å². The SMILES string of the molecule is CC(O)C1NC(=O)[C@@H](Cc2ccccc2)NC(=O)[C@H](Cc2ccc(O)cc2)NC(=O)CCSSC[C@H](C(=O)N2CCC[C@@H]2C(=O)N[C@@H](CCCN=C(N)N)C(=O)NCC(N)=O)NC(=O)[C@@H](CC(N)=O)NC1=O. The Labute approximate surface area is 422 Å². The molecule has 2 aliphatic heterocycles. The third-order valence-corrected chi connectivity index (χ3v) is 13.7. The quantitative estimate of drug-likeness (QED) is 0.0309. The van der Waals surface area contributed by atoms with E-state index in [0.29, 0.717) is 17.5 Å². The largest absolute Gasteiger partial charge is 0.508 e. The van der Waals surface area contributed by atoms with Crippen LogP contribution in [0.2, 0.25) is 0 Å². The number of amides is 10. The molecule has 2 aromatic rings. The first kappa shape index (κ1) is 57.4. The number of phenolic OH excluding ortho intramolecular Hbond substituents is 1. The third-order valence-electron chi connectivity index (χ3n) is 11.2. The summed E-state index contributed by atoms with van der Waals surface area (Å²) in [6, 6.07) is 4.41. The summed E-state index contributed by atoms with van der Waals surface area (Å²) < 4.78 is 0. The molecule has 17 N–H and O–H groups in total. The van der Waals surface area contributed by atoms with Crippen LogP contribution in [0.3, 0.4) is 0 Å². The van der Waals surface area contributed by atoms with Crippen LogP contribution in [-0.2, 0) is 60.8 Å². The number of carbonyl (C=O) groups is 10. The van der Waals surface area contributed by atoms with Crippen molar-refractivity contribution in [3.05, 3.63) is 65.7 Å². The van der Waals surface area contributed by atoms with Gasteiger partial charge in [-0.15, -0.1) is 0 Å². The lowest BCUT2D eigenvalue weighted by molar-refractivity contribution is -0.142. The van der Waals surface area contributed by atoms with Gasteiger partial charge in [0.2, 0.25) is 59.1 Å². The van der Waals surface area contributed by atoms with Crippen LogP contribution in [0.25, 0.3) is 0 Å². The van der Waals surface area contributed by atoms with Gasteiger partial charge < -0.3 is 75.3 Å². The number of hydrogen-bond donors (Lipinski definition) is 13. The zero-order valence-electron chi connectivity index (χ0n) is 39.5. The van der Waals surface area contributed by atoms with Crippen LogP contribution in [-0.4, -0.2) is 160 Å². The van der Waals surface area contributed by atoms with Crippen LogP contribution in [0.4, 0.5) is 0 Å². The van der Waals surface area contributed by atoms with E-state index in [1.807, 2.05) is 0 Å². The highest BCUT2D eigenvalue weighted by atomic mass is 33.1. The number of guanidine groups is 1. The number of aliphatic hydroxyl groups excluding tert-OH is 1. The van der Waals surface area contributed by atoms with Gasteiger partial charge >= 0.3 is 0 Å². The summed E-state index contributed by atoms with van der Waals surface area (Å²) >= 11 is 0. The molecule has 0 bridgehead atoms. The molecule has 2 aliphatic rings. The van der Waals surface area contributed by atoms with Crippen molar-refractivity contribution in [1.29, 1.82) is 0 Å². The van der Waals surface area contributed by atoms with Crippen molar-refractivity contribution in [1.82, 2.24) is 42.1 Å². The fourth-order valence-electron chi connectivity index (χ4n) is 7.60. The van der Waals surface area contributed by atoms with Crippen molar-refractivity contribution in [3.8, 4) is 5.75 Å². The summed E-state index contributed by atoms with van der Waals surface area (Å²) in [6.07, 6.45) is -2.05. The van der Waals surface area contributed by atoms with Gasteiger partial charge in [0.25, 0.3) is 0 Å². The Morgan fingerprint density at radius 1 is 0.792 bits per heavy atom. The number of rotatable bonds is 17. The highest BCUT2D eigenvalue weighted by molar-refractivity contribution is 8.76. The normalized spacial score (nSPS) is 22.5. The summed E-state index contributed by atoms with van der Waals surface area (Å²) in [7, 11) is 2.20.